The molecule has 3 amide bonds. The molecule has 1 aliphatic rings. The van der Waals surface area contributed by atoms with Gasteiger partial charge in [-0.1, -0.05) is 22.9 Å². The molecule has 0 bridgehead atoms. The molecule has 0 aromatic heterocycles. The second-order valence-corrected chi connectivity index (χ2v) is 6.07. The maximum Gasteiger partial charge on any atom is 0.319 e. The van der Waals surface area contributed by atoms with Crippen molar-refractivity contribution in [3.8, 4) is 0 Å². The molecule has 0 radical (unpaired) electrons. The summed E-state index contributed by atoms with van der Waals surface area (Å²) in [7, 11) is 0. The van der Waals surface area contributed by atoms with Gasteiger partial charge in [-0.2, -0.15) is 0 Å². The van der Waals surface area contributed by atoms with Crippen LogP contribution in [0.1, 0.15) is 18.9 Å². The Labute approximate surface area is 126 Å². The number of urea groups is 1. The van der Waals surface area contributed by atoms with Crippen LogP contribution in [0.2, 0.25) is 0 Å². The molecular formula is C14H18BrN3O2. The van der Waals surface area contributed by atoms with Gasteiger partial charge >= 0.3 is 6.03 Å². The maximum absolute atomic E-state index is 12.0. The number of piperidine rings is 1. The Morgan fingerprint density at radius 3 is 2.80 bits per heavy atom. The third-order valence-corrected chi connectivity index (χ3v) is 3.79. The smallest absolute Gasteiger partial charge is 0.319 e. The molecule has 20 heavy (non-hydrogen) atoms. The molecule has 1 heterocycles. The fourth-order valence-electron chi connectivity index (χ4n) is 2.28. The summed E-state index contributed by atoms with van der Waals surface area (Å²) in [6, 6.07) is 4.80. The van der Waals surface area contributed by atoms with Crippen LogP contribution in [0, 0.1) is 12.8 Å². The zero-order valence-corrected chi connectivity index (χ0v) is 13.1. The Hall–Kier alpha value is -1.56. The van der Waals surface area contributed by atoms with Crippen LogP contribution in [0.5, 0.6) is 0 Å². The molecule has 1 aromatic carbocycles. The number of aryl methyl sites for hydroxylation is 1. The highest BCUT2D eigenvalue weighted by Gasteiger charge is 2.30. The van der Waals surface area contributed by atoms with Crippen LogP contribution in [-0.4, -0.2) is 24.5 Å². The molecule has 1 fully saturated rings. The van der Waals surface area contributed by atoms with E-state index < -0.39 is 6.04 Å². The molecule has 1 aromatic rings. The highest BCUT2D eigenvalue weighted by Crippen LogP contribution is 2.19. The summed E-state index contributed by atoms with van der Waals surface area (Å²) in [5, 5.41) is 8.24. The van der Waals surface area contributed by atoms with Crippen molar-refractivity contribution in [1.29, 1.82) is 0 Å². The molecule has 3 N–H and O–H groups in total. The van der Waals surface area contributed by atoms with Gasteiger partial charge in [0.25, 0.3) is 0 Å². The first-order chi connectivity index (χ1) is 9.45. The summed E-state index contributed by atoms with van der Waals surface area (Å²) in [5.74, 6) is 0.0167. The number of halogens is 1. The number of carbonyl (C=O) groups is 2. The van der Waals surface area contributed by atoms with E-state index in [1.165, 1.54) is 0 Å². The second-order valence-electron chi connectivity index (χ2n) is 5.15. The van der Waals surface area contributed by atoms with Crippen LogP contribution in [0.25, 0.3) is 0 Å². The Morgan fingerprint density at radius 1 is 1.40 bits per heavy atom. The van der Waals surface area contributed by atoms with Crippen molar-refractivity contribution >= 4 is 33.6 Å². The molecule has 0 aliphatic carbocycles. The molecule has 1 saturated heterocycles. The number of nitrogens with one attached hydrogen (secondary N) is 3. The lowest BCUT2D eigenvalue weighted by molar-refractivity contribution is -0.125. The van der Waals surface area contributed by atoms with Gasteiger partial charge in [-0.05, 0) is 43.0 Å². The predicted octanol–water partition coefficient (Wildman–Crippen LogP) is 2.40. The van der Waals surface area contributed by atoms with Crippen molar-refractivity contribution in [3.63, 3.8) is 0 Å². The average Bonchev–Trinajstić information content (AvgIpc) is 2.32. The fraction of sp³-hybridized carbons (Fsp3) is 0.429. The summed E-state index contributed by atoms with van der Waals surface area (Å²) in [6.45, 7) is 4.59. The maximum atomic E-state index is 12.0. The van der Waals surface area contributed by atoms with E-state index in [0.29, 0.717) is 12.2 Å². The van der Waals surface area contributed by atoms with E-state index in [9.17, 15) is 9.59 Å². The third-order valence-electron chi connectivity index (χ3n) is 3.34. The SMILES string of the molecule is Cc1cc(Br)cc(NC(=O)N[C@@H]2C(=O)NCC[C@@H]2C)c1. The van der Waals surface area contributed by atoms with Crippen LogP contribution in [0.3, 0.4) is 0 Å². The Balaban J connectivity index is 1.99. The molecule has 0 unspecified atom stereocenters. The quantitative estimate of drug-likeness (QED) is 0.774. The normalized spacial score (nSPS) is 22.1. The van der Waals surface area contributed by atoms with Crippen molar-refractivity contribution in [1.82, 2.24) is 10.6 Å². The van der Waals surface area contributed by atoms with E-state index >= 15 is 0 Å². The fourth-order valence-corrected chi connectivity index (χ4v) is 2.89. The summed E-state index contributed by atoms with van der Waals surface area (Å²) in [5.41, 5.74) is 1.73. The van der Waals surface area contributed by atoms with Gasteiger partial charge in [0.15, 0.2) is 0 Å². The molecule has 0 spiro atoms. The minimum Gasteiger partial charge on any atom is -0.354 e. The number of hydrogen-bond acceptors (Lipinski definition) is 2. The third kappa shape index (κ3) is 3.72. The molecule has 108 valence electrons. The Bertz CT molecular complexity index is 513. The summed E-state index contributed by atoms with van der Waals surface area (Å²) >= 11 is 3.38. The van der Waals surface area contributed by atoms with Crippen LogP contribution in [0.4, 0.5) is 10.5 Å². The van der Waals surface area contributed by atoms with Gasteiger partial charge in [0, 0.05) is 16.7 Å². The largest absolute Gasteiger partial charge is 0.354 e. The van der Waals surface area contributed by atoms with Crippen molar-refractivity contribution in [2.45, 2.75) is 26.3 Å². The van der Waals surface area contributed by atoms with Crippen molar-refractivity contribution in [2.75, 3.05) is 11.9 Å². The molecular weight excluding hydrogens is 322 g/mol. The van der Waals surface area contributed by atoms with E-state index in [1.54, 1.807) is 0 Å². The molecule has 6 heteroatoms. The van der Waals surface area contributed by atoms with Gasteiger partial charge in [0.1, 0.15) is 6.04 Å². The number of hydrogen-bond donors (Lipinski definition) is 3. The first-order valence-corrected chi connectivity index (χ1v) is 7.37. The molecule has 2 atom stereocenters. The predicted molar refractivity (Wildman–Crippen MR) is 81.6 cm³/mol. The topological polar surface area (TPSA) is 70.2 Å². The molecule has 2 rings (SSSR count). The van der Waals surface area contributed by atoms with Gasteiger partial charge in [0.05, 0.1) is 0 Å². The van der Waals surface area contributed by atoms with Crippen LogP contribution in [0.15, 0.2) is 22.7 Å². The standard InChI is InChI=1S/C14H18BrN3O2/c1-8-5-10(15)7-11(6-8)17-14(20)18-12-9(2)3-4-16-13(12)19/h5-7,9,12H,3-4H2,1-2H3,(H,16,19)(H2,17,18,20)/t9-,12-/m0/s1. The second kappa shape index (κ2) is 6.26. The lowest BCUT2D eigenvalue weighted by Crippen LogP contribution is -2.55. The highest BCUT2D eigenvalue weighted by atomic mass is 79.9. The number of amides is 3. The molecule has 1 aliphatic heterocycles. The van der Waals surface area contributed by atoms with Crippen LogP contribution in [-0.2, 0) is 4.79 Å². The van der Waals surface area contributed by atoms with E-state index in [1.807, 2.05) is 32.0 Å². The minimum absolute atomic E-state index is 0.121. The van der Waals surface area contributed by atoms with E-state index in [0.717, 1.165) is 16.5 Å². The van der Waals surface area contributed by atoms with Gasteiger partial charge in [0.2, 0.25) is 5.91 Å². The Morgan fingerprint density at radius 2 is 2.15 bits per heavy atom. The van der Waals surface area contributed by atoms with Crippen molar-refractivity contribution < 1.29 is 9.59 Å². The number of benzene rings is 1. The molecule has 0 saturated carbocycles. The zero-order chi connectivity index (χ0) is 14.7. The van der Waals surface area contributed by atoms with Gasteiger partial charge < -0.3 is 16.0 Å². The average molecular weight is 340 g/mol. The van der Waals surface area contributed by atoms with Gasteiger partial charge in [-0.3, -0.25) is 4.79 Å². The number of anilines is 1. The number of rotatable bonds is 2. The lowest BCUT2D eigenvalue weighted by atomic mass is 9.94. The van der Waals surface area contributed by atoms with E-state index in [-0.39, 0.29) is 17.9 Å². The van der Waals surface area contributed by atoms with Crippen LogP contribution < -0.4 is 16.0 Å². The first kappa shape index (κ1) is 14.8. The van der Waals surface area contributed by atoms with Gasteiger partial charge in [-0.15, -0.1) is 0 Å². The molecule has 5 nitrogen and oxygen atoms in total. The van der Waals surface area contributed by atoms with Crippen LogP contribution >= 0.6 is 15.9 Å². The van der Waals surface area contributed by atoms with E-state index in [4.69, 9.17) is 0 Å². The highest BCUT2D eigenvalue weighted by molar-refractivity contribution is 9.10. The summed E-state index contributed by atoms with van der Waals surface area (Å²) in [6.07, 6.45) is 0.868. The van der Waals surface area contributed by atoms with Crippen molar-refractivity contribution in [2.24, 2.45) is 5.92 Å². The Kier molecular flexibility index (Phi) is 4.65. The zero-order valence-electron chi connectivity index (χ0n) is 11.5. The monoisotopic (exact) mass is 339 g/mol. The van der Waals surface area contributed by atoms with E-state index in [2.05, 4.69) is 31.9 Å². The summed E-state index contributed by atoms with van der Waals surface area (Å²) in [4.78, 5) is 23.7. The minimum atomic E-state index is -0.475. The lowest BCUT2D eigenvalue weighted by Gasteiger charge is -2.28. The van der Waals surface area contributed by atoms with Crippen molar-refractivity contribution in [3.05, 3.63) is 28.2 Å². The number of carbonyl (C=O) groups excluding carboxylic acids is 2. The van der Waals surface area contributed by atoms with Gasteiger partial charge in [-0.25, -0.2) is 4.79 Å². The first-order valence-electron chi connectivity index (χ1n) is 6.58. The summed E-state index contributed by atoms with van der Waals surface area (Å²) < 4.78 is 0.900.